The van der Waals surface area contributed by atoms with Crippen LogP contribution in [0.2, 0.25) is 0 Å². The number of hydrogen-bond donors (Lipinski definition) is 2. The summed E-state index contributed by atoms with van der Waals surface area (Å²) < 4.78 is 5.67. The van der Waals surface area contributed by atoms with Crippen molar-refractivity contribution in [1.82, 2.24) is 20.5 Å². The number of fused-ring (bicyclic) bond motifs is 1. The molecule has 2 N–H and O–H groups in total. The topological polar surface area (TPSA) is 52.1 Å². The fraction of sp³-hybridized carbons (Fsp3) is 0.636. The Bertz CT molecular complexity index is 748. The first-order valence-electron chi connectivity index (χ1n) is 10.9. The Morgan fingerprint density at radius 3 is 2.62 bits per heavy atom. The van der Waals surface area contributed by atoms with Crippen molar-refractivity contribution in [3.05, 3.63) is 35.9 Å². The molecule has 0 aliphatic carbocycles. The van der Waals surface area contributed by atoms with Crippen molar-refractivity contribution < 1.29 is 4.74 Å². The predicted molar refractivity (Wildman–Crippen MR) is 119 cm³/mol. The van der Waals surface area contributed by atoms with Crippen LogP contribution in [0, 0.1) is 11.3 Å². The van der Waals surface area contributed by atoms with E-state index in [9.17, 15) is 0 Å². The van der Waals surface area contributed by atoms with E-state index in [0.29, 0.717) is 11.0 Å². The maximum Gasteiger partial charge on any atom is 0.187 e. The first-order valence-corrected chi connectivity index (χ1v) is 11.3. The van der Waals surface area contributed by atoms with Crippen molar-refractivity contribution in [1.29, 1.82) is 0 Å². The van der Waals surface area contributed by atoms with Crippen LogP contribution in [0.3, 0.4) is 0 Å². The molecular weight excluding hydrogens is 382 g/mol. The average molecular weight is 414 g/mol. The standard InChI is InChI=1S/C22H31N5OS/c29-21(23-12-19-7-4-10-28-19)25-24-20-18-13-26-8-9-27(14-18)16-22(20,15-26)11-17-5-2-1-3-6-17/h1-3,5-6,18-19H,4,7-16H2,(H2,23,25,29)/b24-20-/t18?,19-,22?/m0/s1. The van der Waals surface area contributed by atoms with Crippen LogP contribution in [-0.4, -0.2) is 79.1 Å². The summed E-state index contributed by atoms with van der Waals surface area (Å²) in [5.41, 5.74) is 5.96. The van der Waals surface area contributed by atoms with Crippen molar-refractivity contribution in [2.24, 2.45) is 16.4 Å². The summed E-state index contributed by atoms with van der Waals surface area (Å²) in [5.74, 6) is 0.483. The molecule has 0 radical (unpaired) electrons. The van der Waals surface area contributed by atoms with Crippen LogP contribution in [-0.2, 0) is 11.2 Å². The van der Waals surface area contributed by atoms with E-state index in [-0.39, 0.29) is 11.5 Å². The molecule has 6 nitrogen and oxygen atoms in total. The molecule has 2 unspecified atom stereocenters. The van der Waals surface area contributed by atoms with Crippen LogP contribution >= 0.6 is 12.2 Å². The number of hydrogen-bond acceptors (Lipinski definition) is 5. The number of piperidine rings is 2. The van der Waals surface area contributed by atoms with Gasteiger partial charge in [0.1, 0.15) is 0 Å². The third-order valence-electron chi connectivity index (χ3n) is 6.85. The van der Waals surface area contributed by atoms with Crippen molar-refractivity contribution >= 4 is 23.0 Å². The molecule has 0 amide bonds. The Morgan fingerprint density at radius 1 is 1.17 bits per heavy atom. The summed E-state index contributed by atoms with van der Waals surface area (Å²) in [6, 6.07) is 10.9. The zero-order valence-electron chi connectivity index (χ0n) is 17.0. The number of hydrazone groups is 1. The van der Waals surface area contributed by atoms with Gasteiger partial charge in [0.2, 0.25) is 0 Å². The Balaban J connectivity index is 1.33. The highest BCUT2D eigenvalue weighted by Crippen LogP contribution is 2.40. The van der Waals surface area contributed by atoms with Crippen LogP contribution in [0.4, 0.5) is 0 Å². The third kappa shape index (κ3) is 4.19. The van der Waals surface area contributed by atoms with Gasteiger partial charge in [0.05, 0.1) is 11.8 Å². The molecule has 5 aliphatic heterocycles. The lowest BCUT2D eigenvalue weighted by Crippen LogP contribution is -2.62. The molecule has 0 spiro atoms. The van der Waals surface area contributed by atoms with Crippen LogP contribution in [0.5, 0.6) is 0 Å². The Labute approximate surface area is 178 Å². The lowest BCUT2D eigenvalue weighted by atomic mass is 9.67. The lowest BCUT2D eigenvalue weighted by Gasteiger charge is -2.50. The molecule has 156 valence electrons. The zero-order valence-corrected chi connectivity index (χ0v) is 17.8. The minimum atomic E-state index is 0.0657. The molecule has 5 saturated heterocycles. The van der Waals surface area contributed by atoms with Crippen LogP contribution in [0.15, 0.2) is 35.4 Å². The van der Waals surface area contributed by atoms with Gasteiger partial charge in [0.15, 0.2) is 5.11 Å². The Hall–Kier alpha value is -1.54. The van der Waals surface area contributed by atoms with E-state index in [0.717, 1.165) is 58.6 Å². The molecule has 4 bridgehead atoms. The van der Waals surface area contributed by atoms with Gasteiger partial charge in [-0.1, -0.05) is 30.3 Å². The van der Waals surface area contributed by atoms with Crippen LogP contribution < -0.4 is 10.7 Å². The van der Waals surface area contributed by atoms with E-state index >= 15 is 0 Å². The fourth-order valence-electron chi connectivity index (χ4n) is 5.67. The van der Waals surface area contributed by atoms with E-state index in [1.54, 1.807) is 0 Å². The molecule has 1 aromatic rings. The SMILES string of the molecule is S=C(NC[C@@H]1CCCO1)N/N=C1/C2CN3CCN(C2)CC1(Cc1ccccc1)C3. The summed E-state index contributed by atoms with van der Waals surface area (Å²) in [4.78, 5) is 5.29. The predicted octanol–water partition coefficient (Wildman–Crippen LogP) is 1.48. The van der Waals surface area contributed by atoms with E-state index in [2.05, 4.69) is 50.9 Å². The number of thiocarbonyl (C=S) groups is 1. The normalized spacial score (nSPS) is 36.9. The second kappa shape index (κ2) is 8.30. The summed E-state index contributed by atoms with van der Waals surface area (Å²) >= 11 is 5.51. The summed E-state index contributed by atoms with van der Waals surface area (Å²) in [6.45, 7) is 8.39. The smallest absolute Gasteiger partial charge is 0.187 e. The number of nitrogens with zero attached hydrogens (tertiary/aromatic N) is 3. The molecule has 0 aromatic heterocycles. The van der Waals surface area contributed by atoms with Crippen molar-refractivity contribution in [3.63, 3.8) is 0 Å². The van der Waals surface area contributed by atoms with Crippen LogP contribution in [0.25, 0.3) is 0 Å². The highest BCUT2D eigenvalue weighted by Gasteiger charge is 2.52. The molecule has 5 aliphatic rings. The lowest BCUT2D eigenvalue weighted by molar-refractivity contribution is 0.113. The minimum Gasteiger partial charge on any atom is -0.376 e. The largest absolute Gasteiger partial charge is 0.376 e. The summed E-state index contributed by atoms with van der Waals surface area (Å²) in [5, 5.41) is 8.84. The highest BCUT2D eigenvalue weighted by molar-refractivity contribution is 7.80. The Kier molecular flexibility index (Phi) is 5.56. The molecule has 5 heterocycles. The molecule has 5 fully saturated rings. The monoisotopic (exact) mass is 413 g/mol. The van der Waals surface area contributed by atoms with E-state index in [4.69, 9.17) is 22.1 Å². The maximum atomic E-state index is 5.67. The van der Waals surface area contributed by atoms with Gasteiger partial charge < -0.3 is 19.9 Å². The molecule has 0 saturated carbocycles. The highest BCUT2D eigenvalue weighted by atomic mass is 32.1. The van der Waals surface area contributed by atoms with Crippen molar-refractivity contribution in [3.8, 4) is 0 Å². The zero-order chi connectivity index (χ0) is 19.7. The van der Waals surface area contributed by atoms with E-state index < -0.39 is 0 Å². The molecular formula is C22H31N5OS. The molecule has 6 rings (SSSR count). The van der Waals surface area contributed by atoms with Gasteiger partial charge in [0.25, 0.3) is 0 Å². The minimum absolute atomic E-state index is 0.0657. The number of ether oxygens (including phenoxy) is 1. The van der Waals surface area contributed by atoms with Crippen LogP contribution in [0.1, 0.15) is 18.4 Å². The molecule has 3 atom stereocenters. The maximum absolute atomic E-state index is 5.67. The van der Waals surface area contributed by atoms with Gasteiger partial charge in [-0.2, -0.15) is 5.10 Å². The first-order chi connectivity index (χ1) is 14.2. The second-order valence-corrected chi connectivity index (χ2v) is 9.47. The summed E-state index contributed by atoms with van der Waals surface area (Å²) in [7, 11) is 0. The van der Waals surface area contributed by atoms with Gasteiger partial charge in [-0.15, -0.1) is 0 Å². The van der Waals surface area contributed by atoms with Gasteiger partial charge in [-0.05, 0) is 37.0 Å². The van der Waals surface area contributed by atoms with Gasteiger partial charge >= 0.3 is 0 Å². The van der Waals surface area contributed by atoms with E-state index in [1.807, 2.05) is 0 Å². The van der Waals surface area contributed by atoms with Crippen molar-refractivity contribution in [2.75, 3.05) is 52.4 Å². The van der Waals surface area contributed by atoms with E-state index in [1.165, 1.54) is 24.4 Å². The van der Waals surface area contributed by atoms with Crippen molar-refractivity contribution in [2.45, 2.75) is 25.4 Å². The number of rotatable bonds is 5. The first kappa shape index (κ1) is 19.4. The second-order valence-electron chi connectivity index (χ2n) is 9.06. The molecule has 29 heavy (non-hydrogen) atoms. The average Bonchev–Trinajstić information content (AvgIpc) is 3.13. The number of benzene rings is 1. The number of nitrogens with one attached hydrogen (secondary N) is 2. The summed E-state index contributed by atoms with van der Waals surface area (Å²) in [6.07, 6.45) is 3.56. The molecule has 1 aromatic carbocycles. The third-order valence-corrected chi connectivity index (χ3v) is 7.09. The fourth-order valence-corrected chi connectivity index (χ4v) is 5.80. The van der Waals surface area contributed by atoms with Gasteiger partial charge in [-0.3, -0.25) is 5.43 Å². The Morgan fingerprint density at radius 2 is 1.93 bits per heavy atom. The quantitative estimate of drug-likeness (QED) is 0.563. The molecule has 7 heteroatoms. The van der Waals surface area contributed by atoms with Gasteiger partial charge in [-0.25, -0.2) is 0 Å². The van der Waals surface area contributed by atoms with Gasteiger partial charge in [0, 0.05) is 63.8 Å².